The molecule has 1 aromatic carbocycles. The van der Waals surface area contributed by atoms with Crippen LogP contribution >= 0.6 is 0 Å². The molecule has 3 heteroatoms. The molecule has 0 spiro atoms. The van der Waals surface area contributed by atoms with E-state index in [4.69, 9.17) is 0 Å². The van der Waals surface area contributed by atoms with Crippen molar-refractivity contribution in [3.8, 4) is 11.5 Å². The van der Waals surface area contributed by atoms with E-state index in [0.29, 0.717) is 12.0 Å². The molecule has 0 atom stereocenters. The van der Waals surface area contributed by atoms with Crippen molar-refractivity contribution >= 4 is 5.78 Å². The summed E-state index contributed by atoms with van der Waals surface area (Å²) < 4.78 is 0. The number of aryl methyl sites for hydroxylation is 1. The van der Waals surface area contributed by atoms with Crippen molar-refractivity contribution in [3.05, 3.63) is 23.3 Å². The summed E-state index contributed by atoms with van der Waals surface area (Å²) in [5.74, 6) is -0.261. The maximum absolute atomic E-state index is 10.9. The number of hydrogen-bond acceptors (Lipinski definition) is 3. The monoisotopic (exact) mass is 180 g/mol. The van der Waals surface area contributed by atoms with Gasteiger partial charge in [0.25, 0.3) is 0 Å². The maximum atomic E-state index is 10.9. The van der Waals surface area contributed by atoms with E-state index in [1.54, 1.807) is 0 Å². The van der Waals surface area contributed by atoms with Crippen LogP contribution in [0.2, 0.25) is 0 Å². The highest BCUT2D eigenvalue weighted by Gasteiger charge is 2.10. The molecular formula is C10H12O3. The minimum absolute atomic E-state index is 0.0606. The number of aromatic hydroxyl groups is 2. The Morgan fingerprint density at radius 2 is 1.92 bits per heavy atom. The SMILES string of the molecule is CCc1cc(O)c(C(C)=O)cc1O. The summed E-state index contributed by atoms with van der Waals surface area (Å²) in [6, 6.07) is 2.72. The molecule has 0 saturated carbocycles. The molecule has 3 nitrogen and oxygen atoms in total. The molecule has 0 aromatic heterocycles. The van der Waals surface area contributed by atoms with Gasteiger partial charge >= 0.3 is 0 Å². The highest BCUT2D eigenvalue weighted by atomic mass is 16.3. The Bertz CT molecular complexity index is 342. The second kappa shape index (κ2) is 3.47. The summed E-state index contributed by atoms with van der Waals surface area (Å²) in [6.07, 6.45) is 0.623. The lowest BCUT2D eigenvalue weighted by atomic mass is 10.0. The van der Waals surface area contributed by atoms with Crippen LogP contribution in [-0.4, -0.2) is 16.0 Å². The minimum Gasteiger partial charge on any atom is -0.508 e. The predicted molar refractivity (Wildman–Crippen MR) is 49.2 cm³/mol. The lowest BCUT2D eigenvalue weighted by Gasteiger charge is -2.05. The van der Waals surface area contributed by atoms with Gasteiger partial charge in [-0.05, 0) is 31.0 Å². The Hall–Kier alpha value is -1.51. The fourth-order valence-corrected chi connectivity index (χ4v) is 1.19. The highest BCUT2D eigenvalue weighted by molar-refractivity contribution is 5.97. The maximum Gasteiger partial charge on any atom is 0.163 e. The topological polar surface area (TPSA) is 57.5 Å². The van der Waals surface area contributed by atoms with E-state index in [0.717, 1.165) is 0 Å². The smallest absolute Gasteiger partial charge is 0.163 e. The van der Waals surface area contributed by atoms with Crippen LogP contribution in [0.4, 0.5) is 0 Å². The third-order valence-electron chi connectivity index (χ3n) is 1.96. The van der Waals surface area contributed by atoms with Gasteiger partial charge in [-0.25, -0.2) is 0 Å². The summed E-state index contributed by atoms with van der Waals surface area (Å²) in [5.41, 5.74) is 0.803. The van der Waals surface area contributed by atoms with E-state index < -0.39 is 0 Å². The number of carbonyl (C=O) groups excluding carboxylic acids is 1. The van der Waals surface area contributed by atoms with E-state index in [1.165, 1.54) is 19.1 Å². The standard InChI is InChI=1S/C10H12O3/c1-3-7-4-10(13)8(6(2)11)5-9(7)12/h4-5,12-13H,3H2,1-2H3. The lowest BCUT2D eigenvalue weighted by Crippen LogP contribution is -1.94. The molecule has 0 heterocycles. The Balaban J connectivity index is 3.28. The van der Waals surface area contributed by atoms with E-state index in [2.05, 4.69) is 0 Å². The van der Waals surface area contributed by atoms with Crippen LogP contribution in [0.1, 0.15) is 29.8 Å². The predicted octanol–water partition coefficient (Wildman–Crippen LogP) is 1.86. The Labute approximate surface area is 76.6 Å². The number of ketones is 1. The van der Waals surface area contributed by atoms with Crippen molar-refractivity contribution < 1.29 is 15.0 Å². The van der Waals surface area contributed by atoms with E-state index in [1.807, 2.05) is 6.92 Å². The summed E-state index contributed by atoms with van der Waals surface area (Å²) in [4.78, 5) is 10.9. The normalized spacial score (nSPS) is 10.0. The molecule has 0 aliphatic heterocycles. The summed E-state index contributed by atoms with van der Waals surface area (Å²) >= 11 is 0. The quantitative estimate of drug-likeness (QED) is 0.539. The number of phenols is 2. The van der Waals surface area contributed by atoms with Crippen LogP contribution in [-0.2, 0) is 6.42 Å². The molecule has 1 rings (SSSR count). The summed E-state index contributed by atoms with van der Waals surface area (Å²) in [7, 11) is 0. The van der Waals surface area contributed by atoms with Gasteiger partial charge in [0.15, 0.2) is 5.78 Å². The lowest BCUT2D eigenvalue weighted by molar-refractivity contribution is 0.101. The van der Waals surface area contributed by atoms with Crippen molar-refractivity contribution in [3.63, 3.8) is 0 Å². The fraction of sp³-hybridized carbons (Fsp3) is 0.300. The zero-order chi connectivity index (χ0) is 10.0. The molecule has 2 N–H and O–H groups in total. The number of Topliss-reactive ketones (excluding diaryl/α,β-unsaturated/α-hetero) is 1. The first-order valence-corrected chi connectivity index (χ1v) is 4.12. The molecule has 1 aromatic rings. The molecule has 0 unspecified atom stereocenters. The van der Waals surface area contributed by atoms with Gasteiger partial charge in [-0.1, -0.05) is 6.92 Å². The molecule has 0 aliphatic rings. The third-order valence-corrected chi connectivity index (χ3v) is 1.96. The highest BCUT2D eigenvalue weighted by Crippen LogP contribution is 2.27. The molecule has 13 heavy (non-hydrogen) atoms. The van der Waals surface area contributed by atoms with Crippen LogP contribution < -0.4 is 0 Å². The van der Waals surface area contributed by atoms with E-state index >= 15 is 0 Å². The van der Waals surface area contributed by atoms with Gasteiger partial charge in [0.05, 0.1) is 5.56 Å². The van der Waals surface area contributed by atoms with Crippen molar-refractivity contribution in [2.24, 2.45) is 0 Å². The molecule has 0 radical (unpaired) electrons. The Morgan fingerprint density at radius 3 is 2.38 bits per heavy atom. The largest absolute Gasteiger partial charge is 0.508 e. The average Bonchev–Trinajstić information content (AvgIpc) is 2.07. The number of hydrogen-bond donors (Lipinski definition) is 2. The molecule has 0 bridgehead atoms. The van der Waals surface area contributed by atoms with Crippen molar-refractivity contribution in [1.82, 2.24) is 0 Å². The van der Waals surface area contributed by atoms with Gasteiger partial charge in [-0.15, -0.1) is 0 Å². The Kier molecular flexibility index (Phi) is 2.56. The number of phenolic OH excluding ortho intramolecular Hbond substituents is 2. The van der Waals surface area contributed by atoms with Crippen molar-refractivity contribution in [1.29, 1.82) is 0 Å². The van der Waals surface area contributed by atoms with Crippen molar-refractivity contribution in [2.45, 2.75) is 20.3 Å². The van der Waals surface area contributed by atoms with Gasteiger partial charge in [-0.2, -0.15) is 0 Å². The van der Waals surface area contributed by atoms with Gasteiger partial charge in [0.2, 0.25) is 0 Å². The van der Waals surface area contributed by atoms with E-state index in [9.17, 15) is 15.0 Å². The summed E-state index contributed by atoms with van der Waals surface area (Å²) in [5, 5.41) is 18.8. The molecule has 0 aliphatic carbocycles. The number of benzene rings is 1. The van der Waals surface area contributed by atoms with Gasteiger partial charge in [0, 0.05) is 0 Å². The van der Waals surface area contributed by atoms with Crippen LogP contribution in [0.25, 0.3) is 0 Å². The molecular weight excluding hydrogens is 168 g/mol. The second-order valence-electron chi connectivity index (χ2n) is 2.91. The third kappa shape index (κ3) is 1.80. The van der Waals surface area contributed by atoms with Crippen molar-refractivity contribution in [2.75, 3.05) is 0 Å². The second-order valence-corrected chi connectivity index (χ2v) is 2.91. The van der Waals surface area contributed by atoms with Crippen LogP contribution in [0.3, 0.4) is 0 Å². The average molecular weight is 180 g/mol. The van der Waals surface area contributed by atoms with Gasteiger partial charge in [0.1, 0.15) is 11.5 Å². The molecule has 70 valence electrons. The van der Waals surface area contributed by atoms with Crippen LogP contribution in [0, 0.1) is 0 Å². The number of rotatable bonds is 2. The Morgan fingerprint density at radius 1 is 1.31 bits per heavy atom. The van der Waals surface area contributed by atoms with Gasteiger partial charge < -0.3 is 10.2 Å². The number of carbonyl (C=O) groups is 1. The van der Waals surface area contributed by atoms with Gasteiger partial charge in [-0.3, -0.25) is 4.79 Å². The summed E-state index contributed by atoms with van der Waals surface area (Å²) in [6.45, 7) is 3.21. The first-order chi connectivity index (χ1) is 6.06. The molecule has 0 saturated heterocycles. The van der Waals surface area contributed by atoms with Crippen LogP contribution in [0.15, 0.2) is 12.1 Å². The first-order valence-electron chi connectivity index (χ1n) is 4.12. The van der Waals surface area contributed by atoms with Crippen LogP contribution in [0.5, 0.6) is 11.5 Å². The zero-order valence-electron chi connectivity index (χ0n) is 7.66. The minimum atomic E-state index is -0.254. The molecule has 0 fully saturated rings. The molecule has 0 amide bonds. The van der Waals surface area contributed by atoms with E-state index in [-0.39, 0.29) is 22.8 Å². The first kappa shape index (κ1) is 9.58. The fourth-order valence-electron chi connectivity index (χ4n) is 1.19. The zero-order valence-corrected chi connectivity index (χ0v) is 7.66.